The molecule has 0 saturated carbocycles. The summed E-state index contributed by atoms with van der Waals surface area (Å²) in [7, 11) is -3.46. The van der Waals surface area contributed by atoms with Gasteiger partial charge in [-0.2, -0.15) is 0 Å². The molecule has 7 nitrogen and oxygen atoms in total. The first-order chi connectivity index (χ1) is 17.1. The van der Waals surface area contributed by atoms with Crippen LogP contribution in [0.2, 0.25) is 0 Å². The highest BCUT2D eigenvalue weighted by atomic mass is 35.5. The summed E-state index contributed by atoms with van der Waals surface area (Å²) in [6.07, 6.45) is 10.1. The van der Waals surface area contributed by atoms with Crippen LogP contribution in [0.3, 0.4) is 0 Å². The van der Waals surface area contributed by atoms with Crippen molar-refractivity contribution in [1.82, 2.24) is 5.32 Å². The molecule has 0 aliphatic heterocycles. The van der Waals surface area contributed by atoms with E-state index in [-0.39, 0.29) is 17.1 Å². The number of unbranched alkanes of at least 4 members (excludes halogenated alkanes) is 9. The van der Waals surface area contributed by atoms with E-state index in [9.17, 15) is 22.4 Å². The van der Waals surface area contributed by atoms with Crippen LogP contribution in [0.1, 0.15) is 82.8 Å². The molecule has 0 aliphatic carbocycles. The van der Waals surface area contributed by atoms with E-state index in [1.807, 2.05) is 0 Å². The highest BCUT2D eigenvalue weighted by Gasteiger charge is 2.31. The van der Waals surface area contributed by atoms with Crippen LogP contribution in [-0.2, 0) is 24.1 Å². The second kappa shape index (κ2) is 17.8. The Morgan fingerprint density at radius 1 is 0.944 bits per heavy atom. The number of nitrogens with one attached hydrogen (secondary N) is 1. The molecule has 36 heavy (non-hydrogen) atoms. The summed E-state index contributed by atoms with van der Waals surface area (Å²) in [6.45, 7) is 1.24. The molecule has 0 bridgehead atoms. The third-order valence-electron chi connectivity index (χ3n) is 5.64. The summed E-state index contributed by atoms with van der Waals surface area (Å²) in [4.78, 5) is 22.8. The maximum absolute atomic E-state index is 13.8. The lowest BCUT2D eigenvalue weighted by Gasteiger charge is -2.26. The summed E-state index contributed by atoms with van der Waals surface area (Å²) in [5, 5.41) is 2.30. The third kappa shape index (κ3) is 13.1. The molecule has 1 aromatic rings. The molecule has 1 amide bonds. The molecule has 0 unspecified atom stereocenters. The van der Waals surface area contributed by atoms with Crippen molar-refractivity contribution >= 4 is 45.1 Å². The van der Waals surface area contributed by atoms with Gasteiger partial charge in [-0.3, -0.25) is 4.79 Å². The smallest absolute Gasteiger partial charge is 0.434 e. The van der Waals surface area contributed by atoms with E-state index in [0.29, 0.717) is 6.42 Å². The van der Waals surface area contributed by atoms with Gasteiger partial charge in [-0.05, 0) is 24.1 Å². The van der Waals surface area contributed by atoms with Gasteiger partial charge in [0.25, 0.3) is 5.91 Å². The summed E-state index contributed by atoms with van der Waals surface area (Å²) in [5.41, 5.74) is 0.266. The second-order valence-corrected chi connectivity index (χ2v) is 11.8. The molecule has 1 rings (SSSR count). The molecule has 0 aromatic heterocycles. The maximum atomic E-state index is 13.8. The van der Waals surface area contributed by atoms with Crippen molar-refractivity contribution in [2.45, 2.75) is 93.0 Å². The first kappa shape index (κ1) is 32.4. The lowest BCUT2D eigenvalue weighted by Crippen LogP contribution is -2.44. The van der Waals surface area contributed by atoms with Crippen molar-refractivity contribution in [1.29, 1.82) is 0 Å². The normalized spacial score (nSPS) is 13.3. The Kier molecular flexibility index (Phi) is 16.0. The Morgan fingerprint density at radius 3 is 1.94 bits per heavy atom. The third-order valence-corrected chi connectivity index (χ3v) is 7.16. The number of amides is 1. The molecule has 0 fully saturated rings. The summed E-state index contributed by atoms with van der Waals surface area (Å²) < 4.78 is 47.8. The fourth-order valence-corrected chi connectivity index (χ4v) is 4.37. The van der Waals surface area contributed by atoms with Gasteiger partial charge in [0.1, 0.15) is 6.67 Å². The van der Waals surface area contributed by atoms with Crippen LogP contribution in [0.4, 0.5) is 9.18 Å². The number of carbonyl (C=O) groups is 2. The van der Waals surface area contributed by atoms with Crippen molar-refractivity contribution < 1.29 is 31.9 Å². The second-order valence-electron chi connectivity index (χ2n) is 8.73. The Morgan fingerprint density at radius 2 is 1.47 bits per heavy atom. The largest absolute Gasteiger partial charge is 0.508 e. The van der Waals surface area contributed by atoms with Crippen molar-refractivity contribution in [3.05, 3.63) is 29.8 Å². The van der Waals surface area contributed by atoms with Crippen LogP contribution < -0.4 is 5.32 Å². The van der Waals surface area contributed by atoms with Gasteiger partial charge in [0.05, 0.1) is 17.5 Å². The number of sulfone groups is 1. The first-order valence-corrected chi connectivity index (χ1v) is 15.1. The average Bonchev–Trinajstić information content (AvgIpc) is 2.84. The van der Waals surface area contributed by atoms with Gasteiger partial charge in [0.15, 0.2) is 20.8 Å². The first-order valence-electron chi connectivity index (χ1n) is 12.4. The quantitative estimate of drug-likeness (QED) is 0.124. The predicted molar refractivity (Wildman–Crippen MR) is 140 cm³/mol. The van der Waals surface area contributed by atoms with Crippen molar-refractivity contribution in [2.24, 2.45) is 0 Å². The molecule has 0 spiro atoms. The number of ether oxygens (including phenoxy) is 2. The monoisotopic (exact) mass is 569 g/mol. The molecule has 0 radical (unpaired) electrons. The standard InChI is InChI=1S/C25H38Cl2FNO6S/c1-3-4-5-6-7-8-9-10-11-12-17-34-25(31)35-22(21(18-28)29-24(30)23(26)27)19-13-15-20(16-14-19)36(2,32)33/h13-16,21-23H,3-12,17-18H2,1-2H3,(H,29,30)/t21-,22-/m1/s1. The topological polar surface area (TPSA) is 98.8 Å². The number of carbonyl (C=O) groups excluding carboxylic acids is 2. The van der Waals surface area contributed by atoms with Gasteiger partial charge in [-0.25, -0.2) is 17.6 Å². The van der Waals surface area contributed by atoms with Crippen LogP contribution >= 0.6 is 23.2 Å². The molecule has 206 valence electrons. The van der Waals surface area contributed by atoms with Gasteiger partial charge in [-0.15, -0.1) is 0 Å². The van der Waals surface area contributed by atoms with Gasteiger partial charge < -0.3 is 14.8 Å². The zero-order chi connectivity index (χ0) is 27.0. The molecular formula is C25H38Cl2FNO6S. The number of benzene rings is 1. The van der Waals surface area contributed by atoms with Crippen LogP contribution in [0.15, 0.2) is 29.2 Å². The van der Waals surface area contributed by atoms with Crippen molar-refractivity contribution in [3.8, 4) is 0 Å². The van der Waals surface area contributed by atoms with Crippen molar-refractivity contribution in [2.75, 3.05) is 19.5 Å². The molecule has 2 atom stereocenters. The van der Waals surface area contributed by atoms with E-state index >= 15 is 0 Å². The van der Waals surface area contributed by atoms with Gasteiger partial charge >= 0.3 is 6.16 Å². The summed E-state index contributed by atoms with van der Waals surface area (Å²) in [5.74, 6) is -0.860. The maximum Gasteiger partial charge on any atom is 0.508 e. The predicted octanol–water partition coefficient (Wildman–Crippen LogP) is 6.46. The minimum absolute atomic E-state index is 0.0379. The fraction of sp³-hybridized carbons (Fsp3) is 0.680. The summed E-state index contributed by atoms with van der Waals surface area (Å²) >= 11 is 11.1. The molecular weight excluding hydrogens is 532 g/mol. The zero-order valence-electron chi connectivity index (χ0n) is 21.0. The molecule has 1 aromatic carbocycles. The number of rotatable bonds is 18. The molecule has 1 N–H and O–H groups in total. The molecule has 0 aliphatic rings. The number of halogens is 3. The average molecular weight is 571 g/mol. The lowest BCUT2D eigenvalue weighted by atomic mass is 10.0. The van der Waals surface area contributed by atoms with E-state index in [0.717, 1.165) is 25.5 Å². The molecule has 0 saturated heterocycles. The van der Waals surface area contributed by atoms with Gasteiger partial charge in [0.2, 0.25) is 0 Å². The van der Waals surface area contributed by atoms with Crippen LogP contribution in [0.5, 0.6) is 0 Å². The lowest BCUT2D eigenvalue weighted by molar-refractivity contribution is -0.121. The highest BCUT2D eigenvalue weighted by molar-refractivity contribution is 7.90. The summed E-state index contributed by atoms with van der Waals surface area (Å²) in [6, 6.07) is 4.05. The number of alkyl halides is 3. The van der Waals surface area contributed by atoms with Crippen LogP contribution in [-0.4, -0.2) is 50.9 Å². The van der Waals surface area contributed by atoms with E-state index in [1.165, 1.54) is 62.8 Å². The Labute approximate surface area is 224 Å². The van der Waals surface area contributed by atoms with Crippen LogP contribution in [0.25, 0.3) is 0 Å². The fourth-order valence-electron chi connectivity index (χ4n) is 3.61. The van der Waals surface area contributed by atoms with Crippen LogP contribution in [0, 0.1) is 0 Å². The van der Waals surface area contributed by atoms with Gasteiger partial charge in [-0.1, -0.05) is 100 Å². The highest BCUT2D eigenvalue weighted by Crippen LogP contribution is 2.25. The Bertz CT molecular complexity index is 883. The Balaban J connectivity index is 2.63. The van der Waals surface area contributed by atoms with Gasteiger partial charge in [0, 0.05) is 6.26 Å². The molecule has 11 heteroatoms. The number of hydrogen-bond acceptors (Lipinski definition) is 6. The zero-order valence-corrected chi connectivity index (χ0v) is 23.3. The van der Waals surface area contributed by atoms with E-state index in [1.54, 1.807) is 0 Å². The minimum atomic E-state index is -3.46. The van der Waals surface area contributed by atoms with Crippen molar-refractivity contribution in [3.63, 3.8) is 0 Å². The Hall–Kier alpha value is -1.58. The van der Waals surface area contributed by atoms with E-state index in [2.05, 4.69) is 12.2 Å². The van der Waals surface area contributed by atoms with E-state index in [4.69, 9.17) is 32.7 Å². The van der Waals surface area contributed by atoms with E-state index < -0.39 is 45.6 Å². The minimum Gasteiger partial charge on any atom is -0.434 e. The number of hydrogen-bond donors (Lipinski definition) is 1. The SMILES string of the molecule is CCCCCCCCCCCCOC(=O)O[C@H](c1ccc(S(C)(=O)=O)cc1)[C@@H](CF)NC(=O)C(Cl)Cl. The molecule has 0 heterocycles.